The summed E-state index contributed by atoms with van der Waals surface area (Å²) in [5.74, 6) is -0.728. The zero-order chi connectivity index (χ0) is 25.8. The molecule has 5 rings (SSSR count). The maximum Gasteiger partial charge on any atom is 0.573 e. The van der Waals surface area contributed by atoms with Crippen molar-refractivity contribution in [1.29, 1.82) is 0 Å². The molecule has 0 aliphatic carbocycles. The molecule has 8 nitrogen and oxygen atoms in total. The van der Waals surface area contributed by atoms with Crippen LogP contribution in [0.25, 0.3) is 16.7 Å². The van der Waals surface area contributed by atoms with Gasteiger partial charge in [-0.05, 0) is 57.5 Å². The minimum absolute atomic E-state index is 0.241. The number of pyridine rings is 1. The first-order chi connectivity index (χ1) is 17.0. The van der Waals surface area contributed by atoms with E-state index >= 15 is 0 Å². The van der Waals surface area contributed by atoms with Gasteiger partial charge in [-0.1, -0.05) is 0 Å². The van der Waals surface area contributed by atoms with E-state index in [9.17, 15) is 22.8 Å². The number of imidazole rings is 1. The quantitative estimate of drug-likeness (QED) is 0.395. The summed E-state index contributed by atoms with van der Waals surface area (Å²) in [5.41, 5.74) is 2.00. The van der Waals surface area contributed by atoms with Crippen molar-refractivity contribution >= 4 is 16.9 Å². The van der Waals surface area contributed by atoms with Crippen molar-refractivity contribution in [2.45, 2.75) is 52.2 Å². The molecule has 0 spiro atoms. The number of amides is 1. The lowest BCUT2D eigenvalue weighted by atomic mass is 10.0. The van der Waals surface area contributed by atoms with Crippen molar-refractivity contribution in [3.8, 4) is 11.4 Å². The van der Waals surface area contributed by atoms with Crippen LogP contribution in [0.2, 0.25) is 0 Å². The predicted molar refractivity (Wildman–Crippen MR) is 124 cm³/mol. The number of halogens is 3. The van der Waals surface area contributed by atoms with E-state index in [-0.39, 0.29) is 29.0 Å². The number of rotatable bonds is 4. The average molecular weight is 500 g/mol. The molecule has 0 saturated carbocycles. The summed E-state index contributed by atoms with van der Waals surface area (Å²) >= 11 is 0. The molecule has 0 fully saturated rings. The van der Waals surface area contributed by atoms with Crippen LogP contribution >= 0.6 is 0 Å². The van der Waals surface area contributed by atoms with Crippen molar-refractivity contribution < 1.29 is 27.1 Å². The second-order valence-corrected chi connectivity index (χ2v) is 8.91. The molecule has 1 aliphatic rings. The molecule has 3 aromatic heterocycles. The van der Waals surface area contributed by atoms with Crippen LogP contribution in [0.1, 0.15) is 48.1 Å². The fourth-order valence-corrected chi connectivity index (χ4v) is 4.77. The van der Waals surface area contributed by atoms with Crippen molar-refractivity contribution in [2.75, 3.05) is 0 Å². The van der Waals surface area contributed by atoms with Gasteiger partial charge in [0, 0.05) is 29.7 Å². The molecule has 2 atom stereocenters. The van der Waals surface area contributed by atoms with Crippen LogP contribution in [0.4, 0.5) is 13.2 Å². The Morgan fingerprint density at radius 2 is 1.97 bits per heavy atom. The molecule has 0 saturated heterocycles. The molecule has 11 heteroatoms. The molecule has 2 unspecified atom stereocenters. The summed E-state index contributed by atoms with van der Waals surface area (Å²) in [6.07, 6.45) is 0.405. The van der Waals surface area contributed by atoms with Crippen molar-refractivity contribution in [3.05, 3.63) is 76.4 Å². The third-order valence-electron chi connectivity index (χ3n) is 6.52. The predicted octanol–water partition coefficient (Wildman–Crippen LogP) is 4.98. The Morgan fingerprint density at radius 1 is 1.19 bits per heavy atom. The van der Waals surface area contributed by atoms with Gasteiger partial charge in [0.15, 0.2) is 0 Å². The summed E-state index contributed by atoms with van der Waals surface area (Å²) in [5, 5.41) is 0.414. The molecule has 0 N–H and O–H groups in total. The van der Waals surface area contributed by atoms with E-state index < -0.39 is 12.4 Å². The lowest BCUT2D eigenvalue weighted by Gasteiger charge is -2.33. The number of aromatic nitrogens is 3. The molecule has 4 heterocycles. The van der Waals surface area contributed by atoms with Gasteiger partial charge in [0.1, 0.15) is 22.7 Å². The first kappa shape index (κ1) is 23.7. The summed E-state index contributed by atoms with van der Waals surface area (Å²) in [6, 6.07) is 6.24. The minimum atomic E-state index is -4.83. The number of ether oxygens (including phenoxy) is 1. The number of aryl methyl sites for hydroxylation is 1. The van der Waals surface area contributed by atoms with E-state index in [0.717, 1.165) is 5.69 Å². The summed E-state index contributed by atoms with van der Waals surface area (Å²) in [4.78, 5) is 32.8. The molecular formula is C25H23F3N4O4. The molecule has 0 radical (unpaired) electrons. The highest BCUT2D eigenvalue weighted by Gasteiger charge is 2.35. The molecule has 1 amide bonds. The summed E-state index contributed by atoms with van der Waals surface area (Å²) < 4.78 is 51.0. The van der Waals surface area contributed by atoms with Crippen LogP contribution in [0.15, 0.2) is 58.3 Å². The number of nitrogens with zero attached hydrogens (tertiary/aromatic N) is 4. The average Bonchev–Trinajstić information content (AvgIpc) is 3.39. The highest BCUT2D eigenvalue weighted by molar-refractivity contribution is 5.94. The molecular weight excluding hydrogens is 477 g/mol. The van der Waals surface area contributed by atoms with E-state index in [4.69, 9.17) is 4.42 Å². The molecule has 1 aromatic carbocycles. The Hall–Kier alpha value is -4.02. The Labute approximate surface area is 203 Å². The van der Waals surface area contributed by atoms with Gasteiger partial charge in [0.2, 0.25) is 0 Å². The Balaban J connectivity index is 1.53. The maximum atomic E-state index is 13.7. The molecule has 0 bridgehead atoms. The number of carbonyl (C=O) groups excluding carboxylic acids is 1. The number of hydrogen-bond donors (Lipinski definition) is 0. The molecule has 4 aromatic rings. The normalized spacial score (nSPS) is 17.2. The van der Waals surface area contributed by atoms with Crippen LogP contribution in [0.5, 0.6) is 5.75 Å². The zero-order valence-electron chi connectivity index (χ0n) is 19.7. The van der Waals surface area contributed by atoms with Crippen LogP contribution in [-0.2, 0) is 6.54 Å². The third kappa shape index (κ3) is 4.14. The first-order valence-electron chi connectivity index (χ1n) is 11.4. The number of furan rings is 1. The van der Waals surface area contributed by atoms with Crippen molar-refractivity contribution in [2.24, 2.45) is 0 Å². The maximum absolute atomic E-state index is 13.7. The smallest absolute Gasteiger partial charge is 0.464 e. The van der Waals surface area contributed by atoms with Crippen LogP contribution in [-0.4, -0.2) is 37.3 Å². The van der Waals surface area contributed by atoms with Gasteiger partial charge >= 0.3 is 6.36 Å². The number of benzene rings is 1. The van der Waals surface area contributed by atoms with Gasteiger partial charge < -0.3 is 23.2 Å². The Kier molecular flexibility index (Phi) is 5.65. The monoisotopic (exact) mass is 500 g/mol. The Morgan fingerprint density at radius 3 is 2.67 bits per heavy atom. The van der Waals surface area contributed by atoms with E-state index in [2.05, 4.69) is 9.72 Å². The molecule has 188 valence electrons. The molecule has 36 heavy (non-hydrogen) atoms. The number of hydrogen-bond acceptors (Lipinski definition) is 5. The minimum Gasteiger partial charge on any atom is -0.464 e. The lowest BCUT2D eigenvalue weighted by Crippen LogP contribution is -2.40. The van der Waals surface area contributed by atoms with Gasteiger partial charge in [0.25, 0.3) is 11.5 Å². The van der Waals surface area contributed by atoms with Crippen molar-refractivity contribution in [3.63, 3.8) is 0 Å². The fraction of sp³-hybridized carbons (Fsp3) is 0.320. The second-order valence-electron chi connectivity index (χ2n) is 8.91. The van der Waals surface area contributed by atoms with Gasteiger partial charge in [-0.15, -0.1) is 13.2 Å². The zero-order valence-corrected chi connectivity index (χ0v) is 19.7. The summed E-state index contributed by atoms with van der Waals surface area (Å²) in [6.45, 7) is 5.82. The van der Waals surface area contributed by atoms with E-state index in [1.807, 2.05) is 13.8 Å². The third-order valence-corrected chi connectivity index (χ3v) is 6.52. The largest absolute Gasteiger partial charge is 0.573 e. The van der Waals surface area contributed by atoms with E-state index in [1.54, 1.807) is 41.0 Å². The van der Waals surface area contributed by atoms with Crippen LogP contribution in [0.3, 0.4) is 0 Å². The van der Waals surface area contributed by atoms with E-state index in [1.165, 1.54) is 29.0 Å². The topological polar surface area (TPSA) is 82.5 Å². The van der Waals surface area contributed by atoms with Gasteiger partial charge in [-0.2, -0.15) is 0 Å². The van der Waals surface area contributed by atoms with Gasteiger partial charge in [0.05, 0.1) is 24.3 Å². The van der Waals surface area contributed by atoms with Crippen LogP contribution < -0.4 is 10.3 Å². The fourth-order valence-electron chi connectivity index (χ4n) is 4.77. The standard InChI is InChI=1S/C25H23F3N4O4/c1-14-11-30(13-29-14)20-5-6-21-24(34)32(15(2)8-9-31(21)23(20)33)16(3)19-12-35-22-7-4-17(10-18(19)22)36-25(26,27)28/h4-7,10-13,15-16H,8-9H2,1-3H3. The number of alkyl halides is 3. The number of fused-ring (bicyclic) bond motifs is 2. The number of carbonyl (C=O) groups is 1. The SMILES string of the molecule is Cc1cn(-c2ccc3n(c2=O)CCC(C)N(C(C)c2coc4ccc(OC(F)(F)F)cc24)C3=O)cn1. The van der Waals surface area contributed by atoms with Crippen molar-refractivity contribution in [1.82, 2.24) is 19.0 Å². The van der Waals surface area contributed by atoms with Gasteiger partial charge in [-0.3, -0.25) is 9.59 Å². The highest BCUT2D eigenvalue weighted by atomic mass is 19.4. The first-order valence-corrected chi connectivity index (χ1v) is 11.4. The Bertz CT molecular complexity index is 1520. The molecule has 1 aliphatic heterocycles. The second kappa shape index (κ2) is 8.58. The lowest BCUT2D eigenvalue weighted by molar-refractivity contribution is -0.274. The van der Waals surface area contributed by atoms with E-state index in [0.29, 0.717) is 35.2 Å². The summed E-state index contributed by atoms with van der Waals surface area (Å²) in [7, 11) is 0. The van der Waals surface area contributed by atoms with Gasteiger partial charge in [-0.25, -0.2) is 4.98 Å². The van der Waals surface area contributed by atoms with Crippen LogP contribution in [0, 0.1) is 6.92 Å². The highest BCUT2D eigenvalue weighted by Crippen LogP contribution is 2.36.